The zero-order valence-corrected chi connectivity index (χ0v) is 16.3. The number of pyridine rings is 1. The molecule has 150 valence electrons. The van der Waals surface area contributed by atoms with Crippen molar-refractivity contribution in [3.63, 3.8) is 0 Å². The molecular weight excluding hydrogens is 388 g/mol. The molecule has 1 aromatic heterocycles. The predicted octanol–water partition coefficient (Wildman–Crippen LogP) is 1.52. The number of methoxy groups -OCH3 is 2. The van der Waals surface area contributed by atoms with Crippen molar-refractivity contribution in [2.45, 2.75) is 4.90 Å². The second kappa shape index (κ2) is 7.98. The molecule has 0 radical (unpaired) electrons. The lowest BCUT2D eigenvalue weighted by Crippen LogP contribution is -2.49. The molecule has 0 unspecified atom stereocenters. The third kappa shape index (κ3) is 3.71. The fraction of sp³-hybridized carbons (Fsp3) is 0.353. The number of hydrogen-bond acceptors (Lipinski definition) is 8. The maximum atomic E-state index is 13.1. The zero-order valence-electron chi connectivity index (χ0n) is 15.4. The summed E-state index contributed by atoms with van der Waals surface area (Å²) >= 11 is 0. The van der Waals surface area contributed by atoms with E-state index in [1.807, 2.05) is 0 Å². The fourth-order valence-corrected chi connectivity index (χ4v) is 4.63. The highest BCUT2D eigenvalue weighted by atomic mass is 32.2. The zero-order chi connectivity index (χ0) is 20.3. The number of benzene rings is 1. The van der Waals surface area contributed by atoms with Gasteiger partial charge in [-0.2, -0.15) is 4.31 Å². The highest BCUT2D eigenvalue weighted by molar-refractivity contribution is 7.89. The average Bonchev–Trinajstić information content (AvgIpc) is 2.73. The second-order valence-electron chi connectivity index (χ2n) is 6.01. The molecule has 1 fully saturated rings. The summed E-state index contributed by atoms with van der Waals surface area (Å²) < 4.78 is 37.9. The molecule has 2 heterocycles. The van der Waals surface area contributed by atoms with E-state index in [0.717, 1.165) is 0 Å². The lowest BCUT2D eigenvalue weighted by Gasteiger charge is -2.34. The molecule has 1 saturated heterocycles. The molecule has 11 heteroatoms. The molecule has 0 bridgehead atoms. The van der Waals surface area contributed by atoms with Crippen LogP contribution in [-0.2, 0) is 10.0 Å². The van der Waals surface area contributed by atoms with E-state index in [1.54, 1.807) is 17.0 Å². The van der Waals surface area contributed by atoms with Gasteiger partial charge < -0.3 is 14.4 Å². The first-order valence-corrected chi connectivity index (χ1v) is 9.89. The quantitative estimate of drug-likeness (QED) is 0.522. The van der Waals surface area contributed by atoms with Crippen LogP contribution < -0.4 is 14.4 Å². The highest BCUT2D eigenvalue weighted by Gasteiger charge is 2.33. The Bertz CT molecular complexity index is 973. The first-order chi connectivity index (χ1) is 13.4. The van der Waals surface area contributed by atoms with E-state index in [4.69, 9.17) is 9.47 Å². The van der Waals surface area contributed by atoms with Crippen molar-refractivity contribution in [3.8, 4) is 11.5 Å². The van der Waals surface area contributed by atoms with Crippen LogP contribution in [0.5, 0.6) is 11.5 Å². The van der Waals surface area contributed by atoms with Crippen LogP contribution in [0.15, 0.2) is 41.4 Å². The van der Waals surface area contributed by atoms with Gasteiger partial charge in [-0.05, 0) is 18.2 Å². The number of hydrogen-bond donors (Lipinski definition) is 0. The molecule has 2 aromatic rings. The highest BCUT2D eigenvalue weighted by Crippen LogP contribution is 2.32. The van der Waals surface area contributed by atoms with Gasteiger partial charge in [0.1, 0.15) is 16.4 Å². The van der Waals surface area contributed by atoms with Crippen LogP contribution in [0.4, 0.5) is 11.5 Å². The molecule has 10 nitrogen and oxygen atoms in total. The van der Waals surface area contributed by atoms with E-state index >= 15 is 0 Å². The van der Waals surface area contributed by atoms with Gasteiger partial charge in [0.25, 0.3) is 0 Å². The van der Waals surface area contributed by atoms with Gasteiger partial charge in [-0.3, -0.25) is 10.1 Å². The summed E-state index contributed by atoms with van der Waals surface area (Å²) in [7, 11) is -0.965. The number of nitrogens with zero attached hydrogens (tertiary/aromatic N) is 4. The Morgan fingerprint density at radius 3 is 2.43 bits per heavy atom. The van der Waals surface area contributed by atoms with Crippen molar-refractivity contribution in [1.29, 1.82) is 0 Å². The molecule has 1 aliphatic rings. The van der Waals surface area contributed by atoms with Crippen molar-refractivity contribution in [2.75, 3.05) is 45.3 Å². The predicted molar refractivity (Wildman–Crippen MR) is 101 cm³/mol. The van der Waals surface area contributed by atoms with Gasteiger partial charge in [-0.15, -0.1) is 0 Å². The Morgan fingerprint density at radius 1 is 1.11 bits per heavy atom. The minimum atomic E-state index is -3.82. The molecular formula is C17H20N4O6S. The maximum absolute atomic E-state index is 13.1. The monoisotopic (exact) mass is 408 g/mol. The molecule has 0 amide bonds. The molecule has 3 rings (SSSR count). The van der Waals surface area contributed by atoms with Crippen LogP contribution in [-0.4, -0.2) is 63.0 Å². The first-order valence-electron chi connectivity index (χ1n) is 8.45. The number of anilines is 1. The van der Waals surface area contributed by atoms with Crippen molar-refractivity contribution < 1.29 is 22.8 Å². The molecule has 0 saturated carbocycles. The summed E-state index contributed by atoms with van der Waals surface area (Å²) in [5.41, 5.74) is -0.103. The SMILES string of the molecule is COc1ccc(OC)c(S(=O)(=O)N2CCN(c3ncccc3[N+](=O)[O-])CC2)c1. The van der Waals surface area contributed by atoms with Gasteiger partial charge in [-0.1, -0.05) is 0 Å². The van der Waals surface area contributed by atoms with E-state index in [-0.39, 0.29) is 48.3 Å². The summed E-state index contributed by atoms with van der Waals surface area (Å²) in [6, 6.07) is 7.46. The minimum Gasteiger partial charge on any atom is -0.497 e. The molecule has 1 aliphatic heterocycles. The standard InChI is InChI=1S/C17H20N4O6S/c1-26-13-5-6-15(27-2)16(12-13)28(24,25)20-10-8-19(9-11-20)17-14(21(22)23)4-3-7-18-17/h3-7,12H,8-11H2,1-2H3. The first kappa shape index (κ1) is 19.8. The van der Waals surface area contributed by atoms with Gasteiger partial charge in [0.2, 0.25) is 15.8 Å². The van der Waals surface area contributed by atoms with Crippen molar-refractivity contribution in [2.24, 2.45) is 0 Å². The van der Waals surface area contributed by atoms with E-state index in [0.29, 0.717) is 5.75 Å². The Labute approximate surface area is 162 Å². The van der Waals surface area contributed by atoms with Gasteiger partial charge >= 0.3 is 5.69 Å². The van der Waals surface area contributed by atoms with Crippen LogP contribution in [0.1, 0.15) is 0 Å². The molecule has 28 heavy (non-hydrogen) atoms. The summed E-state index contributed by atoms with van der Waals surface area (Å²) in [6.45, 7) is 0.888. The van der Waals surface area contributed by atoms with E-state index < -0.39 is 14.9 Å². The van der Waals surface area contributed by atoms with E-state index in [9.17, 15) is 18.5 Å². The number of sulfonamides is 1. The van der Waals surface area contributed by atoms with Crippen molar-refractivity contribution in [1.82, 2.24) is 9.29 Å². The third-order valence-electron chi connectivity index (χ3n) is 4.49. The van der Waals surface area contributed by atoms with Gasteiger partial charge in [0.15, 0.2) is 0 Å². The maximum Gasteiger partial charge on any atom is 0.311 e. The van der Waals surface area contributed by atoms with Crippen molar-refractivity contribution >= 4 is 21.5 Å². The van der Waals surface area contributed by atoms with Gasteiger partial charge in [-0.25, -0.2) is 13.4 Å². The lowest BCUT2D eigenvalue weighted by molar-refractivity contribution is -0.384. The summed E-state index contributed by atoms with van der Waals surface area (Å²) in [4.78, 5) is 16.6. The number of piperazine rings is 1. The third-order valence-corrected chi connectivity index (χ3v) is 6.41. The van der Waals surface area contributed by atoms with Crippen LogP contribution in [0.25, 0.3) is 0 Å². The summed E-state index contributed by atoms with van der Waals surface area (Å²) in [6.07, 6.45) is 1.48. The molecule has 0 N–H and O–H groups in total. The lowest BCUT2D eigenvalue weighted by atomic mass is 10.3. The normalized spacial score (nSPS) is 15.3. The van der Waals surface area contributed by atoms with Crippen molar-refractivity contribution in [3.05, 3.63) is 46.6 Å². The molecule has 1 aromatic carbocycles. The van der Waals surface area contributed by atoms with E-state index in [2.05, 4.69) is 4.98 Å². The van der Waals surface area contributed by atoms with Gasteiger partial charge in [0.05, 0.1) is 19.1 Å². The topological polar surface area (TPSA) is 115 Å². The number of aromatic nitrogens is 1. The number of rotatable bonds is 6. The Hall–Kier alpha value is -2.92. The Kier molecular flexibility index (Phi) is 5.66. The minimum absolute atomic E-state index is 0.0200. The number of nitro groups is 1. The largest absolute Gasteiger partial charge is 0.497 e. The fourth-order valence-electron chi connectivity index (χ4n) is 3.04. The van der Waals surface area contributed by atoms with Crippen LogP contribution in [0.2, 0.25) is 0 Å². The van der Waals surface area contributed by atoms with Crippen LogP contribution in [0, 0.1) is 10.1 Å². The van der Waals surface area contributed by atoms with Crippen LogP contribution in [0.3, 0.4) is 0 Å². The van der Waals surface area contributed by atoms with E-state index in [1.165, 1.54) is 42.9 Å². The van der Waals surface area contributed by atoms with Crippen LogP contribution >= 0.6 is 0 Å². The van der Waals surface area contributed by atoms with Gasteiger partial charge in [0, 0.05) is 44.5 Å². The molecule has 0 aliphatic carbocycles. The molecule has 0 atom stereocenters. The average molecular weight is 408 g/mol. The Balaban J connectivity index is 1.83. The molecule has 0 spiro atoms. The second-order valence-corrected chi connectivity index (χ2v) is 7.92. The number of ether oxygens (including phenoxy) is 2. The smallest absolute Gasteiger partial charge is 0.311 e. The summed E-state index contributed by atoms with van der Waals surface area (Å²) in [5.74, 6) is 0.870. The summed E-state index contributed by atoms with van der Waals surface area (Å²) in [5, 5.41) is 11.2. The Morgan fingerprint density at radius 2 is 1.82 bits per heavy atom.